The first-order chi connectivity index (χ1) is 12.6. The Labute approximate surface area is 159 Å². The van der Waals surface area contributed by atoms with Crippen molar-refractivity contribution in [2.24, 2.45) is 0 Å². The predicted molar refractivity (Wildman–Crippen MR) is 92.1 cm³/mol. The Morgan fingerprint density at radius 1 is 1.19 bits per heavy atom. The second kappa shape index (κ2) is 6.07. The van der Waals surface area contributed by atoms with Gasteiger partial charge in [-0.2, -0.15) is 13.2 Å². The molecular weight excluding hydrogens is 426 g/mol. The second-order valence-corrected chi connectivity index (χ2v) is 8.24. The minimum absolute atomic E-state index is 0.0706. The SMILES string of the molecule is Cc1cc(Oc2ccc(C(F)(F)F)cn2)cc2c1-c1nn[se]c1C(C)(C)O2. The van der Waals surface area contributed by atoms with Gasteiger partial charge < -0.3 is 0 Å². The molecule has 0 aliphatic carbocycles. The number of halogens is 3. The number of pyridine rings is 1. The topological polar surface area (TPSA) is 57.1 Å². The Morgan fingerprint density at radius 3 is 2.63 bits per heavy atom. The van der Waals surface area contributed by atoms with Gasteiger partial charge in [-0.3, -0.25) is 0 Å². The van der Waals surface area contributed by atoms with Crippen LogP contribution in [0.4, 0.5) is 13.2 Å². The average molecular weight is 440 g/mol. The van der Waals surface area contributed by atoms with Gasteiger partial charge in [0.2, 0.25) is 0 Å². The number of rotatable bonds is 2. The van der Waals surface area contributed by atoms with Crippen LogP contribution in [0.2, 0.25) is 0 Å². The van der Waals surface area contributed by atoms with E-state index in [1.165, 1.54) is 6.07 Å². The van der Waals surface area contributed by atoms with Gasteiger partial charge in [0, 0.05) is 0 Å². The van der Waals surface area contributed by atoms with Gasteiger partial charge in [-0.05, 0) is 0 Å². The number of aryl methyl sites for hydroxylation is 1. The van der Waals surface area contributed by atoms with E-state index >= 15 is 0 Å². The first kappa shape index (κ1) is 18.0. The van der Waals surface area contributed by atoms with Crippen molar-refractivity contribution in [3.63, 3.8) is 0 Å². The van der Waals surface area contributed by atoms with E-state index in [0.29, 0.717) is 11.5 Å². The summed E-state index contributed by atoms with van der Waals surface area (Å²) in [6, 6.07) is 5.61. The molecule has 140 valence electrons. The van der Waals surface area contributed by atoms with Crippen molar-refractivity contribution in [3.8, 4) is 28.6 Å². The van der Waals surface area contributed by atoms with Gasteiger partial charge in [-0.25, -0.2) is 0 Å². The normalized spacial score (nSPS) is 14.9. The van der Waals surface area contributed by atoms with Crippen molar-refractivity contribution in [3.05, 3.63) is 46.0 Å². The van der Waals surface area contributed by atoms with E-state index in [2.05, 4.69) is 14.2 Å². The van der Waals surface area contributed by atoms with Crippen molar-refractivity contribution >= 4 is 14.7 Å². The van der Waals surface area contributed by atoms with Crippen molar-refractivity contribution in [1.82, 2.24) is 14.2 Å². The number of ether oxygens (including phenoxy) is 2. The summed E-state index contributed by atoms with van der Waals surface area (Å²) in [6.45, 7) is 5.83. The monoisotopic (exact) mass is 441 g/mol. The van der Waals surface area contributed by atoms with Gasteiger partial charge in [-0.15, -0.1) is 0 Å². The van der Waals surface area contributed by atoms with Crippen molar-refractivity contribution in [2.45, 2.75) is 32.5 Å². The zero-order chi connectivity index (χ0) is 19.4. The fraction of sp³-hybridized carbons (Fsp3) is 0.278. The molecule has 0 fully saturated rings. The summed E-state index contributed by atoms with van der Waals surface area (Å²) in [5, 5.41) is 4.29. The first-order valence-electron chi connectivity index (χ1n) is 8.03. The summed E-state index contributed by atoms with van der Waals surface area (Å²) >= 11 is -0.0811. The Bertz CT molecular complexity index is 1010. The van der Waals surface area contributed by atoms with Crippen LogP contribution in [0, 0.1) is 6.92 Å². The summed E-state index contributed by atoms with van der Waals surface area (Å²) < 4.78 is 55.0. The fourth-order valence-corrected chi connectivity index (χ4v) is 4.42. The first-order valence-corrected chi connectivity index (χ1v) is 9.65. The molecule has 4 rings (SSSR count). The van der Waals surface area contributed by atoms with Crippen LogP contribution >= 0.6 is 0 Å². The van der Waals surface area contributed by atoms with E-state index in [1.807, 2.05) is 20.8 Å². The van der Waals surface area contributed by atoms with Crippen molar-refractivity contribution < 1.29 is 22.6 Å². The molecule has 5 nitrogen and oxygen atoms in total. The molecule has 0 unspecified atom stereocenters. The van der Waals surface area contributed by atoms with E-state index in [4.69, 9.17) is 9.47 Å². The van der Waals surface area contributed by atoms with Crippen LogP contribution in [0.3, 0.4) is 0 Å². The van der Waals surface area contributed by atoms with Gasteiger partial charge in [-0.1, -0.05) is 0 Å². The molecule has 3 aromatic rings. The fourth-order valence-electron chi connectivity index (χ4n) is 2.97. The molecule has 27 heavy (non-hydrogen) atoms. The number of hydrogen-bond acceptors (Lipinski definition) is 5. The number of aromatic nitrogens is 3. The zero-order valence-electron chi connectivity index (χ0n) is 14.6. The maximum absolute atomic E-state index is 12.7. The quantitative estimate of drug-likeness (QED) is 0.555. The van der Waals surface area contributed by atoms with E-state index in [-0.39, 0.29) is 20.6 Å². The maximum atomic E-state index is 12.7. The molecule has 0 amide bonds. The molecule has 0 spiro atoms. The Kier molecular flexibility index (Phi) is 4.05. The molecule has 0 atom stereocenters. The third-order valence-corrected chi connectivity index (χ3v) is 6.36. The Hall–Kier alpha value is -2.38. The molecule has 0 bridgehead atoms. The van der Waals surface area contributed by atoms with Crippen LogP contribution in [-0.4, -0.2) is 28.9 Å². The Balaban J connectivity index is 1.69. The Morgan fingerprint density at radius 2 is 1.96 bits per heavy atom. The van der Waals surface area contributed by atoms with Gasteiger partial charge in [0.15, 0.2) is 0 Å². The predicted octanol–water partition coefficient (Wildman–Crippen LogP) is 4.34. The van der Waals surface area contributed by atoms with Crippen LogP contribution in [0.5, 0.6) is 17.4 Å². The zero-order valence-corrected chi connectivity index (χ0v) is 16.3. The summed E-state index contributed by atoms with van der Waals surface area (Å²) in [5.74, 6) is 1.11. The molecule has 1 aliphatic rings. The molecule has 1 aromatic carbocycles. The molecule has 1 aliphatic heterocycles. The number of fused-ring (bicyclic) bond motifs is 3. The summed E-state index contributed by atoms with van der Waals surface area (Å²) in [6.07, 6.45) is -3.69. The molecule has 0 N–H and O–H groups in total. The van der Waals surface area contributed by atoms with Gasteiger partial charge in [0.05, 0.1) is 0 Å². The molecular formula is C18H14F3N3O2Se. The number of hydrogen-bond donors (Lipinski definition) is 0. The molecule has 2 aromatic heterocycles. The standard InChI is InChI=1S/C18H14F3N3O2Se/c1-9-6-11(25-13-5-4-10(8-22-13)18(19,20)21)7-12-14(9)15-16(27-24-23-15)17(2,3)26-12/h4-8H,1-3H3. The summed E-state index contributed by atoms with van der Waals surface area (Å²) in [5.41, 5.74) is 1.26. The van der Waals surface area contributed by atoms with Crippen LogP contribution in [0.1, 0.15) is 29.4 Å². The van der Waals surface area contributed by atoms with Crippen LogP contribution in [0.25, 0.3) is 11.3 Å². The summed E-state index contributed by atoms with van der Waals surface area (Å²) in [4.78, 5) is 3.74. The number of nitrogens with zero attached hydrogens (tertiary/aromatic N) is 3. The van der Waals surface area contributed by atoms with Gasteiger partial charge >= 0.3 is 146 Å². The van der Waals surface area contributed by atoms with Crippen molar-refractivity contribution in [1.29, 1.82) is 0 Å². The minimum atomic E-state index is -4.43. The van der Waals surface area contributed by atoms with E-state index in [1.54, 1.807) is 12.1 Å². The van der Waals surface area contributed by atoms with Crippen LogP contribution in [-0.2, 0) is 11.8 Å². The van der Waals surface area contributed by atoms with E-state index < -0.39 is 17.3 Å². The van der Waals surface area contributed by atoms with Gasteiger partial charge in [0.1, 0.15) is 0 Å². The van der Waals surface area contributed by atoms with E-state index in [9.17, 15) is 13.2 Å². The van der Waals surface area contributed by atoms with Crippen molar-refractivity contribution in [2.75, 3.05) is 0 Å². The number of alkyl halides is 3. The molecule has 9 heteroatoms. The van der Waals surface area contributed by atoms with Crippen LogP contribution in [0.15, 0.2) is 30.5 Å². The van der Waals surface area contributed by atoms with E-state index in [0.717, 1.165) is 33.5 Å². The third-order valence-electron chi connectivity index (χ3n) is 4.20. The average Bonchev–Trinajstić information content (AvgIpc) is 3.04. The molecule has 3 heterocycles. The van der Waals surface area contributed by atoms with Gasteiger partial charge in [0.25, 0.3) is 0 Å². The molecule has 0 radical (unpaired) electrons. The third kappa shape index (κ3) is 3.21. The number of benzene rings is 1. The second-order valence-electron chi connectivity index (χ2n) is 6.66. The molecule has 0 saturated heterocycles. The molecule has 0 saturated carbocycles. The summed E-state index contributed by atoms with van der Waals surface area (Å²) in [7, 11) is 0. The van der Waals surface area contributed by atoms with Crippen LogP contribution < -0.4 is 9.47 Å².